The molecule has 0 bridgehead atoms. The molecular formula is C23H31NO2S. The van der Waals surface area contributed by atoms with E-state index in [4.69, 9.17) is 0 Å². The molecule has 1 aromatic rings. The van der Waals surface area contributed by atoms with E-state index in [9.17, 15) is 9.90 Å². The van der Waals surface area contributed by atoms with Gasteiger partial charge in [-0.1, -0.05) is 37.2 Å². The molecule has 27 heavy (non-hydrogen) atoms. The van der Waals surface area contributed by atoms with Gasteiger partial charge in [0.1, 0.15) is 4.88 Å². The molecule has 0 amide bonds. The topological polar surface area (TPSA) is 49.3 Å². The lowest BCUT2D eigenvalue weighted by atomic mass is 9.75. The molecule has 0 atom stereocenters. The number of hydrogen-bond acceptors (Lipinski definition) is 3. The van der Waals surface area contributed by atoms with Crippen molar-refractivity contribution in [3.8, 4) is 11.8 Å². The quantitative estimate of drug-likeness (QED) is 0.683. The number of nitrogens with one attached hydrogen (secondary N) is 1. The normalized spacial score (nSPS) is 23.7. The van der Waals surface area contributed by atoms with Gasteiger partial charge in [-0.3, -0.25) is 0 Å². The van der Waals surface area contributed by atoms with Gasteiger partial charge in [0.05, 0.1) is 4.88 Å². The Morgan fingerprint density at radius 3 is 2.59 bits per heavy atom. The summed E-state index contributed by atoms with van der Waals surface area (Å²) < 4.78 is 0. The van der Waals surface area contributed by atoms with Crippen molar-refractivity contribution in [1.29, 1.82) is 0 Å². The minimum atomic E-state index is -0.839. The zero-order chi connectivity index (χ0) is 19.6. The lowest BCUT2D eigenvalue weighted by molar-refractivity contribution is 0.0702. The third kappa shape index (κ3) is 5.03. The number of aromatic carboxylic acids is 1. The molecule has 0 unspecified atom stereocenters. The van der Waals surface area contributed by atoms with Crippen LogP contribution >= 0.6 is 11.3 Å². The van der Waals surface area contributed by atoms with Gasteiger partial charge in [-0.15, -0.1) is 11.3 Å². The Balaban J connectivity index is 2.01. The van der Waals surface area contributed by atoms with E-state index in [0.717, 1.165) is 35.9 Å². The van der Waals surface area contributed by atoms with Crippen molar-refractivity contribution >= 4 is 22.9 Å². The van der Waals surface area contributed by atoms with Crippen LogP contribution in [0.3, 0.4) is 0 Å². The zero-order valence-corrected chi connectivity index (χ0v) is 17.8. The van der Waals surface area contributed by atoms with Crippen LogP contribution in [0.25, 0.3) is 5.57 Å². The average molecular weight is 386 g/mol. The maximum atomic E-state index is 11.9. The molecule has 1 aliphatic heterocycles. The highest BCUT2D eigenvalue weighted by molar-refractivity contribution is 7.14. The first-order chi connectivity index (χ1) is 12.7. The molecule has 2 N–H and O–H groups in total. The Kier molecular flexibility index (Phi) is 6.13. The van der Waals surface area contributed by atoms with Crippen molar-refractivity contribution in [2.45, 2.75) is 59.8 Å². The van der Waals surface area contributed by atoms with E-state index in [-0.39, 0.29) is 5.41 Å². The predicted octanol–water partition coefficient (Wildman–Crippen LogP) is 5.42. The fourth-order valence-electron chi connectivity index (χ4n) is 4.11. The van der Waals surface area contributed by atoms with Crippen LogP contribution in [0.5, 0.6) is 0 Å². The van der Waals surface area contributed by atoms with Crippen molar-refractivity contribution in [3.05, 3.63) is 27.0 Å². The summed E-state index contributed by atoms with van der Waals surface area (Å²) in [7, 11) is 0. The third-order valence-electron chi connectivity index (χ3n) is 5.58. The average Bonchev–Trinajstić information content (AvgIpc) is 3.05. The van der Waals surface area contributed by atoms with Crippen LogP contribution in [0.2, 0.25) is 0 Å². The molecule has 3 rings (SSSR count). The van der Waals surface area contributed by atoms with Crippen molar-refractivity contribution in [2.24, 2.45) is 17.3 Å². The lowest BCUT2D eigenvalue weighted by Gasteiger charge is -2.32. The first kappa shape index (κ1) is 20.2. The standard InChI is InChI=1S/C23H31NO2S/c1-15-5-7-16(8-6-15)18-10-12-24-14-20(18)19-13-17(9-11-23(2,3)4)27-21(19)22(25)26/h13,15-16,24H,5-8,10,12,14H2,1-4H3,(H,25,26). The van der Waals surface area contributed by atoms with Gasteiger partial charge in [0.25, 0.3) is 0 Å². The Labute approximate surface area is 167 Å². The van der Waals surface area contributed by atoms with Gasteiger partial charge < -0.3 is 10.4 Å². The largest absolute Gasteiger partial charge is 0.477 e. The van der Waals surface area contributed by atoms with Crippen LogP contribution in [0.15, 0.2) is 11.6 Å². The molecule has 3 nitrogen and oxygen atoms in total. The highest BCUT2D eigenvalue weighted by Gasteiger charge is 2.28. The Morgan fingerprint density at radius 2 is 1.96 bits per heavy atom. The number of thiophene rings is 1. The van der Waals surface area contributed by atoms with E-state index in [1.54, 1.807) is 0 Å². The van der Waals surface area contributed by atoms with E-state index in [1.165, 1.54) is 48.2 Å². The van der Waals surface area contributed by atoms with Crippen molar-refractivity contribution in [3.63, 3.8) is 0 Å². The monoisotopic (exact) mass is 385 g/mol. The maximum Gasteiger partial charge on any atom is 0.346 e. The van der Waals surface area contributed by atoms with Gasteiger partial charge in [-0.05, 0) is 70.1 Å². The second-order valence-electron chi connectivity index (χ2n) is 9.05. The first-order valence-electron chi connectivity index (χ1n) is 10.1. The number of carboxylic acid groups (broad SMARTS) is 1. The van der Waals surface area contributed by atoms with Crippen LogP contribution in [0.4, 0.5) is 0 Å². The van der Waals surface area contributed by atoms with Crippen molar-refractivity contribution in [1.82, 2.24) is 5.32 Å². The molecular weight excluding hydrogens is 354 g/mol. The predicted molar refractivity (Wildman–Crippen MR) is 113 cm³/mol. The van der Waals surface area contributed by atoms with E-state index in [1.807, 2.05) is 6.07 Å². The van der Waals surface area contributed by atoms with E-state index in [2.05, 4.69) is 44.9 Å². The zero-order valence-electron chi connectivity index (χ0n) is 16.9. The summed E-state index contributed by atoms with van der Waals surface area (Å²) >= 11 is 1.32. The van der Waals surface area contributed by atoms with E-state index < -0.39 is 5.97 Å². The molecule has 2 heterocycles. The molecule has 0 aromatic carbocycles. The van der Waals surface area contributed by atoms with Crippen molar-refractivity contribution < 1.29 is 9.90 Å². The third-order valence-corrected chi connectivity index (χ3v) is 6.62. The van der Waals surface area contributed by atoms with Gasteiger partial charge in [0.15, 0.2) is 0 Å². The number of carbonyl (C=O) groups is 1. The molecule has 2 aliphatic rings. The second-order valence-corrected chi connectivity index (χ2v) is 10.1. The fourth-order valence-corrected chi connectivity index (χ4v) is 4.99. The van der Waals surface area contributed by atoms with Crippen LogP contribution in [0, 0.1) is 29.1 Å². The molecule has 1 saturated carbocycles. The molecule has 1 aliphatic carbocycles. The number of rotatable bonds is 3. The minimum absolute atomic E-state index is 0.0941. The minimum Gasteiger partial charge on any atom is -0.477 e. The second kappa shape index (κ2) is 8.20. The molecule has 0 saturated heterocycles. The summed E-state index contributed by atoms with van der Waals surface area (Å²) in [6.07, 6.45) is 6.08. The molecule has 1 aromatic heterocycles. The Morgan fingerprint density at radius 1 is 1.26 bits per heavy atom. The summed E-state index contributed by atoms with van der Waals surface area (Å²) in [6, 6.07) is 2.01. The van der Waals surface area contributed by atoms with Gasteiger partial charge in [-0.2, -0.15) is 0 Å². The molecule has 146 valence electrons. The maximum absolute atomic E-state index is 11.9. The van der Waals surface area contributed by atoms with Crippen LogP contribution in [0.1, 0.15) is 79.9 Å². The SMILES string of the molecule is CC1CCC(C2=C(c3cc(C#CC(C)(C)C)sc3C(=O)O)CNCC2)CC1. The highest BCUT2D eigenvalue weighted by Crippen LogP contribution is 2.40. The summed E-state index contributed by atoms with van der Waals surface area (Å²) in [5.74, 6) is 7.03. The molecule has 0 radical (unpaired) electrons. The Hall–Kier alpha value is -1.57. The lowest BCUT2D eigenvalue weighted by Crippen LogP contribution is -2.28. The molecule has 0 spiro atoms. The van der Waals surface area contributed by atoms with Gasteiger partial charge in [0, 0.05) is 17.5 Å². The summed E-state index contributed by atoms with van der Waals surface area (Å²) in [4.78, 5) is 13.2. The van der Waals surface area contributed by atoms with Crippen LogP contribution in [-0.4, -0.2) is 24.2 Å². The smallest absolute Gasteiger partial charge is 0.346 e. The summed E-state index contributed by atoms with van der Waals surface area (Å²) in [6.45, 7) is 10.3. The van der Waals surface area contributed by atoms with Gasteiger partial charge >= 0.3 is 5.97 Å². The van der Waals surface area contributed by atoms with Gasteiger partial charge in [-0.25, -0.2) is 4.79 Å². The van der Waals surface area contributed by atoms with Gasteiger partial charge in [0.2, 0.25) is 0 Å². The summed E-state index contributed by atoms with van der Waals surface area (Å²) in [5.41, 5.74) is 3.52. The highest BCUT2D eigenvalue weighted by atomic mass is 32.1. The van der Waals surface area contributed by atoms with Crippen LogP contribution in [-0.2, 0) is 0 Å². The first-order valence-corrected chi connectivity index (χ1v) is 10.9. The summed E-state index contributed by atoms with van der Waals surface area (Å²) in [5, 5.41) is 13.2. The van der Waals surface area contributed by atoms with E-state index in [0.29, 0.717) is 10.8 Å². The molecule has 1 fully saturated rings. The Bertz CT molecular complexity index is 793. The van der Waals surface area contributed by atoms with E-state index >= 15 is 0 Å². The van der Waals surface area contributed by atoms with Crippen LogP contribution < -0.4 is 5.32 Å². The number of carboxylic acids is 1. The number of hydrogen-bond donors (Lipinski definition) is 2. The molecule has 4 heteroatoms. The fraction of sp³-hybridized carbons (Fsp3) is 0.609. The van der Waals surface area contributed by atoms with Crippen molar-refractivity contribution in [2.75, 3.05) is 13.1 Å².